The van der Waals surface area contributed by atoms with Crippen LogP contribution in [0.1, 0.15) is 69.9 Å². The third-order valence-electron chi connectivity index (χ3n) is 3.87. The van der Waals surface area contributed by atoms with E-state index in [1.807, 2.05) is 0 Å². The summed E-state index contributed by atoms with van der Waals surface area (Å²) in [6.45, 7) is 8.33. The number of rotatable bonds is 8. The van der Waals surface area contributed by atoms with E-state index in [2.05, 4.69) is 45.0 Å². The molecule has 1 aromatic carbocycles. The van der Waals surface area contributed by atoms with Gasteiger partial charge >= 0.3 is 0 Å². The molecule has 0 fully saturated rings. The topological polar surface area (TPSA) is 17.1 Å². The SMILES string of the molecule is CCCCCC(C)CC(C(C)=O)c1cccc(C)c1. The van der Waals surface area contributed by atoms with Crippen molar-refractivity contribution in [2.24, 2.45) is 5.92 Å². The standard InChI is InChI=1S/C18H28O/c1-5-6-7-9-15(3)13-18(16(4)19)17-11-8-10-14(2)12-17/h8,10-12,15,18H,5-7,9,13H2,1-4H3. The van der Waals surface area contributed by atoms with E-state index in [-0.39, 0.29) is 5.92 Å². The first kappa shape index (κ1) is 15.9. The predicted octanol–water partition coefficient (Wildman–Crippen LogP) is 5.27. The summed E-state index contributed by atoms with van der Waals surface area (Å²) < 4.78 is 0. The molecule has 0 radical (unpaired) electrons. The monoisotopic (exact) mass is 260 g/mol. The molecule has 0 spiro atoms. The van der Waals surface area contributed by atoms with Crippen LogP contribution in [0.15, 0.2) is 24.3 Å². The highest BCUT2D eigenvalue weighted by Crippen LogP contribution is 2.28. The molecule has 1 heteroatoms. The number of hydrogen-bond acceptors (Lipinski definition) is 1. The molecule has 0 aliphatic heterocycles. The maximum atomic E-state index is 11.9. The zero-order valence-corrected chi connectivity index (χ0v) is 12.9. The minimum absolute atomic E-state index is 0.0801. The molecule has 0 heterocycles. The van der Waals surface area contributed by atoms with Crippen molar-refractivity contribution < 1.29 is 4.79 Å². The third kappa shape index (κ3) is 5.59. The Balaban J connectivity index is 2.65. The summed E-state index contributed by atoms with van der Waals surface area (Å²) in [5.74, 6) is 1.01. The maximum absolute atomic E-state index is 11.9. The zero-order valence-electron chi connectivity index (χ0n) is 12.9. The molecule has 2 atom stereocenters. The molecule has 1 nitrogen and oxygen atoms in total. The maximum Gasteiger partial charge on any atom is 0.137 e. The first-order chi connectivity index (χ1) is 9.04. The molecule has 1 aromatic rings. The van der Waals surface area contributed by atoms with Crippen LogP contribution in [-0.2, 0) is 4.79 Å². The van der Waals surface area contributed by atoms with Gasteiger partial charge in [0.1, 0.15) is 5.78 Å². The molecular formula is C18H28O. The Kier molecular flexibility index (Phi) is 6.83. The first-order valence-corrected chi connectivity index (χ1v) is 7.61. The van der Waals surface area contributed by atoms with Gasteiger partial charge < -0.3 is 0 Å². The minimum Gasteiger partial charge on any atom is -0.299 e. The van der Waals surface area contributed by atoms with Gasteiger partial charge in [0.05, 0.1) is 0 Å². The number of aryl methyl sites for hydroxylation is 1. The van der Waals surface area contributed by atoms with E-state index >= 15 is 0 Å². The number of carbonyl (C=O) groups is 1. The molecule has 106 valence electrons. The van der Waals surface area contributed by atoms with E-state index < -0.39 is 0 Å². The molecule has 0 aliphatic carbocycles. The van der Waals surface area contributed by atoms with Gasteiger partial charge in [-0.05, 0) is 31.7 Å². The smallest absolute Gasteiger partial charge is 0.137 e. The highest BCUT2D eigenvalue weighted by Gasteiger charge is 2.19. The molecule has 19 heavy (non-hydrogen) atoms. The van der Waals surface area contributed by atoms with E-state index in [1.165, 1.54) is 36.8 Å². The fourth-order valence-electron chi connectivity index (χ4n) is 2.69. The molecule has 0 aliphatic rings. The van der Waals surface area contributed by atoms with Crippen LogP contribution >= 0.6 is 0 Å². The van der Waals surface area contributed by atoms with Crippen molar-refractivity contribution >= 4 is 5.78 Å². The van der Waals surface area contributed by atoms with E-state index in [1.54, 1.807) is 6.92 Å². The number of benzene rings is 1. The van der Waals surface area contributed by atoms with Crippen molar-refractivity contribution in [1.29, 1.82) is 0 Å². The second kappa shape index (κ2) is 8.14. The van der Waals surface area contributed by atoms with Crippen LogP contribution in [0.4, 0.5) is 0 Å². The van der Waals surface area contributed by atoms with Gasteiger partial charge in [-0.2, -0.15) is 0 Å². The second-order valence-electron chi connectivity index (χ2n) is 5.91. The Labute approximate surface area is 118 Å². The minimum atomic E-state index is 0.0801. The van der Waals surface area contributed by atoms with Crippen LogP contribution in [0.3, 0.4) is 0 Å². The summed E-state index contributed by atoms with van der Waals surface area (Å²) in [5.41, 5.74) is 2.43. The second-order valence-corrected chi connectivity index (χ2v) is 5.91. The molecular weight excluding hydrogens is 232 g/mol. The normalized spacial score (nSPS) is 14.1. The number of carbonyl (C=O) groups excluding carboxylic acids is 1. The van der Waals surface area contributed by atoms with Gasteiger partial charge in [0, 0.05) is 5.92 Å². The third-order valence-corrected chi connectivity index (χ3v) is 3.87. The van der Waals surface area contributed by atoms with E-state index in [4.69, 9.17) is 0 Å². The molecule has 0 amide bonds. The van der Waals surface area contributed by atoms with Crippen molar-refractivity contribution in [3.8, 4) is 0 Å². The van der Waals surface area contributed by atoms with Gasteiger partial charge in [-0.15, -0.1) is 0 Å². The average Bonchev–Trinajstić information content (AvgIpc) is 2.36. The van der Waals surface area contributed by atoms with Crippen LogP contribution < -0.4 is 0 Å². The molecule has 0 aromatic heterocycles. The van der Waals surface area contributed by atoms with Crippen molar-refractivity contribution in [3.63, 3.8) is 0 Å². The van der Waals surface area contributed by atoms with Crippen molar-refractivity contribution in [1.82, 2.24) is 0 Å². The van der Waals surface area contributed by atoms with Gasteiger partial charge in [-0.1, -0.05) is 69.4 Å². The van der Waals surface area contributed by atoms with Crippen LogP contribution in [0.2, 0.25) is 0 Å². The zero-order chi connectivity index (χ0) is 14.3. The Morgan fingerprint density at radius 3 is 2.58 bits per heavy atom. The summed E-state index contributed by atoms with van der Waals surface area (Å²) in [6, 6.07) is 8.40. The van der Waals surface area contributed by atoms with Gasteiger partial charge in [0.25, 0.3) is 0 Å². The summed E-state index contributed by atoms with van der Waals surface area (Å²) in [6.07, 6.45) is 6.09. The Morgan fingerprint density at radius 2 is 2.00 bits per heavy atom. The lowest BCUT2D eigenvalue weighted by molar-refractivity contribution is -0.118. The lowest BCUT2D eigenvalue weighted by atomic mass is 9.84. The Hall–Kier alpha value is -1.11. The fourth-order valence-corrected chi connectivity index (χ4v) is 2.69. The van der Waals surface area contributed by atoms with Crippen LogP contribution in [0, 0.1) is 12.8 Å². The Bertz CT molecular complexity index is 394. The van der Waals surface area contributed by atoms with Gasteiger partial charge in [-0.25, -0.2) is 0 Å². The van der Waals surface area contributed by atoms with Crippen molar-refractivity contribution in [3.05, 3.63) is 35.4 Å². The van der Waals surface area contributed by atoms with Crippen LogP contribution in [0.5, 0.6) is 0 Å². The van der Waals surface area contributed by atoms with E-state index in [0.717, 1.165) is 6.42 Å². The number of unbranched alkanes of at least 4 members (excludes halogenated alkanes) is 2. The largest absolute Gasteiger partial charge is 0.299 e. The highest BCUT2D eigenvalue weighted by atomic mass is 16.1. The van der Waals surface area contributed by atoms with Crippen LogP contribution in [0.25, 0.3) is 0 Å². The predicted molar refractivity (Wildman–Crippen MR) is 82.5 cm³/mol. The Morgan fingerprint density at radius 1 is 1.26 bits per heavy atom. The lowest BCUT2D eigenvalue weighted by Gasteiger charge is -2.19. The number of Topliss-reactive ketones (excluding diaryl/α,β-unsaturated/α-hetero) is 1. The molecule has 0 bridgehead atoms. The molecule has 2 unspecified atom stereocenters. The van der Waals surface area contributed by atoms with E-state index in [0.29, 0.717) is 11.7 Å². The quantitative estimate of drug-likeness (QED) is 0.582. The molecule has 1 rings (SSSR count). The molecule has 0 saturated heterocycles. The van der Waals surface area contributed by atoms with Gasteiger partial charge in [-0.3, -0.25) is 4.79 Å². The number of ketones is 1. The average molecular weight is 260 g/mol. The van der Waals surface area contributed by atoms with Gasteiger partial charge in [0.2, 0.25) is 0 Å². The fraction of sp³-hybridized carbons (Fsp3) is 0.611. The van der Waals surface area contributed by atoms with E-state index in [9.17, 15) is 4.79 Å². The van der Waals surface area contributed by atoms with Crippen molar-refractivity contribution in [2.45, 2.75) is 65.7 Å². The summed E-state index contributed by atoms with van der Waals surface area (Å²) in [5, 5.41) is 0. The molecule has 0 saturated carbocycles. The highest BCUT2D eigenvalue weighted by molar-refractivity contribution is 5.83. The first-order valence-electron chi connectivity index (χ1n) is 7.61. The summed E-state index contributed by atoms with van der Waals surface area (Å²) >= 11 is 0. The summed E-state index contributed by atoms with van der Waals surface area (Å²) in [4.78, 5) is 11.9. The number of hydrogen-bond donors (Lipinski definition) is 0. The van der Waals surface area contributed by atoms with Crippen LogP contribution in [-0.4, -0.2) is 5.78 Å². The lowest BCUT2D eigenvalue weighted by Crippen LogP contribution is -2.13. The van der Waals surface area contributed by atoms with Gasteiger partial charge in [0.15, 0.2) is 0 Å². The summed E-state index contributed by atoms with van der Waals surface area (Å²) in [7, 11) is 0. The molecule has 0 N–H and O–H groups in total. The van der Waals surface area contributed by atoms with Crippen molar-refractivity contribution in [2.75, 3.05) is 0 Å².